The lowest BCUT2D eigenvalue weighted by molar-refractivity contribution is -0.147. The maximum absolute atomic E-state index is 11.6. The van der Waals surface area contributed by atoms with Crippen LogP contribution in [-0.2, 0) is 16.1 Å². The number of rotatable bonds is 5. The van der Waals surface area contributed by atoms with E-state index in [0.29, 0.717) is 36.5 Å². The van der Waals surface area contributed by atoms with Crippen LogP contribution >= 0.6 is 0 Å². The van der Waals surface area contributed by atoms with E-state index in [1.54, 1.807) is 17.1 Å². The topological polar surface area (TPSA) is 132 Å². The molecule has 1 atom stereocenters. The van der Waals surface area contributed by atoms with E-state index >= 15 is 0 Å². The van der Waals surface area contributed by atoms with Crippen LogP contribution in [0.3, 0.4) is 0 Å². The zero-order chi connectivity index (χ0) is 19.0. The van der Waals surface area contributed by atoms with Crippen molar-refractivity contribution in [3.63, 3.8) is 0 Å². The maximum Gasteiger partial charge on any atom is 0.357 e. The number of anilines is 1. The fourth-order valence-electron chi connectivity index (χ4n) is 3.08. The highest BCUT2D eigenvalue weighted by Gasteiger charge is 2.25. The first-order valence-corrected chi connectivity index (χ1v) is 8.52. The molecular weight excluding hydrogens is 354 g/mol. The summed E-state index contributed by atoms with van der Waals surface area (Å²) in [7, 11) is 0. The second kappa shape index (κ2) is 6.71. The fraction of sp³-hybridized carbons (Fsp3) is 0.353. The van der Waals surface area contributed by atoms with Crippen molar-refractivity contribution in [1.29, 1.82) is 0 Å². The number of carbonyl (C=O) groups excluding carboxylic acids is 1. The summed E-state index contributed by atoms with van der Waals surface area (Å²) in [6.45, 7) is 2.95. The minimum atomic E-state index is -1.18. The van der Waals surface area contributed by atoms with E-state index < -0.39 is 5.97 Å². The molecule has 0 aromatic carbocycles. The molecule has 1 aliphatic rings. The van der Waals surface area contributed by atoms with E-state index in [0.717, 1.165) is 11.6 Å². The molecule has 0 radical (unpaired) electrons. The molecule has 3 aromatic rings. The van der Waals surface area contributed by atoms with Crippen LogP contribution in [0.15, 0.2) is 23.1 Å². The van der Waals surface area contributed by atoms with Gasteiger partial charge >= 0.3 is 11.9 Å². The molecule has 0 aliphatic carbocycles. The van der Waals surface area contributed by atoms with Crippen LogP contribution < -0.4 is 5.32 Å². The number of hydrogen-bond donors (Lipinski definition) is 2. The van der Waals surface area contributed by atoms with Gasteiger partial charge in [-0.2, -0.15) is 5.10 Å². The highest BCUT2D eigenvalue weighted by molar-refractivity contribution is 5.97. The largest absolute Gasteiger partial charge is 0.476 e. The summed E-state index contributed by atoms with van der Waals surface area (Å²) in [5, 5.41) is 17.5. The van der Waals surface area contributed by atoms with Gasteiger partial charge in [0.15, 0.2) is 11.3 Å². The number of oxazole rings is 1. The Morgan fingerprint density at radius 2 is 2.30 bits per heavy atom. The number of carboxylic acid groups (broad SMARTS) is 1. The van der Waals surface area contributed by atoms with Gasteiger partial charge in [-0.1, -0.05) is 0 Å². The lowest BCUT2D eigenvalue weighted by Crippen LogP contribution is -2.31. The first-order valence-electron chi connectivity index (χ1n) is 8.52. The molecule has 0 bridgehead atoms. The first-order chi connectivity index (χ1) is 13.1. The Morgan fingerprint density at radius 3 is 3.00 bits per heavy atom. The molecule has 4 heterocycles. The number of carboxylic acids is 1. The Hall–Kier alpha value is -3.43. The van der Waals surface area contributed by atoms with Gasteiger partial charge in [0.05, 0.1) is 35.9 Å². The van der Waals surface area contributed by atoms with Crippen LogP contribution in [-0.4, -0.2) is 49.4 Å². The standard InChI is InChI=1S/C17H17N5O5/c1-2-22-15-10(7-19-22)14(20-9-3-4-26-13(23)5-9)11(6-18-15)16-21-12(8-27-16)17(24)25/h6-9H,2-5H2,1H3,(H,18,20)(H,24,25). The number of aryl methyl sites for hydroxylation is 1. The molecule has 1 fully saturated rings. The average molecular weight is 371 g/mol. The van der Waals surface area contributed by atoms with Gasteiger partial charge in [0.1, 0.15) is 6.26 Å². The molecule has 0 spiro atoms. The van der Waals surface area contributed by atoms with Crippen LogP contribution in [0.25, 0.3) is 22.5 Å². The Bertz CT molecular complexity index is 1020. The van der Waals surface area contributed by atoms with Gasteiger partial charge in [-0.15, -0.1) is 0 Å². The molecule has 0 amide bonds. The lowest BCUT2D eigenvalue weighted by Gasteiger charge is -2.24. The Balaban J connectivity index is 1.81. The summed E-state index contributed by atoms with van der Waals surface area (Å²) in [5.41, 5.74) is 1.64. The maximum atomic E-state index is 11.6. The molecule has 4 rings (SSSR count). The molecular formula is C17H17N5O5. The van der Waals surface area contributed by atoms with Crippen LogP contribution in [0.2, 0.25) is 0 Å². The molecule has 3 aromatic heterocycles. The smallest absolute Gasteiger partial charge is 0.357 e. The molecule has 27 heavy (non-hydrogen) atoms. The molecule has 2 N–H and O–H groups in total. The van der Waals surface area contributed by atoms with Crippen molar-refractivity contribution >= 4 is 28.7 Å². The summed E-state index contributed by atoms with van der Waals surface area (Å²) in [4.78, 5) is 31.2. The van der Waals surface area contributed by atoms with Crippen LogP contribution in [0, 0.1) is 0 Å². The Morgan fingerprint density at radius 1 is 1.44 bits per heavy atom. The van der Waals surface area contributed by atoms with Gasteiger partial charge < -0.3 is 19.6 Å². The van der Waals surface area contributed by atoms with Crippen molar-refractivity contribution in [2.24, 2.45) is 0 Å². The van der Waals surface area contributed by atoms with E-state index in [-0.39, 0.29) is 30.0 Å². The van der Waals surface area contributed by atoms with Crippen molar-refractivity contribution in [2.45, 2.75) is 32.4 Å². The summed E-state index contributed by atoms with van der Waals surface area (Å²) in [6, 6.07) is -0.130. The van der Waals surface area contributed by atoms with Crippen molar-refractivity contribution in [2.75, 3.05) is 11.9 Å². The number of carbonyl (C=O) groups is 2. The van der Waals surface area contributed by atoms with Crippen molar-refractivity contribution in [1.82, 2.24) is 19.7 Å². The van der Waals surface area contributed by atoms with E-state index in [1.807, 2.05) is 6.92 Å². The quantitative estimate of drug-likeness (QED) is 0.645. The van der Waals surface area contributed by atoms with Crippen LogP contribution in [0.5, 0.6) is 0 Å². The molecule has 10 heteroatoms. The van der Waals surface area contributed by atoms with Crippen molar-refractivity contribution in [3.05, 3.63) is 24.4 Å². The summed E-state index contributed by atoms with van der Waals surface area (Å²) in [6.07, 6.45) is 5.22. The zero-order valence-electron chi connectivity index (χ0n) is 14.5. The minimum absolute atomic E-state index is 0.130. The first kappa shape index (κ1) is 17.0. The number of nitrogens with zero attached hydrogens (tertiary/aromatic N) is 4. The summed E-state index contributed by atoms with van der Waals surface area (Å²) < 4.78 is 12.1. The van der Waals surface area contributed by atoms with Gasteiger partial charge in [0.25, 0.3) is 0 Å². The molecule has 1 unspecified atom stereocenters. The van der Waals surface area contributed by atoms with Gasteiger partial charge in [0.2, 0.25) is 5.89 Å². The SMILES string of the molecule is CCn1ncc2c(NC3CCOC(=O)C3)c(-c3nc(C(=O)O)co3)cnc21. The Kier molecular flexibility index (Phi) is 4.22. The van der Waals surface area contributed by atoms with E-state index in [9.17, 15) is 9.59 Å². The molecule has 140 valence electrons. The van der Waals surface area contributed by atoms with Gasteiger partial charge in [-0.05, 0) is 6.92 Å². The highest BCUT2D eigenvalue weighted by Crippen LogP contribution is 2.34. The molecule has 1 aliphatic heterocycles. The third kappa shape index (κ3) is 3.09. The van der Waals surface area contributed by atoms with Gasteiger partial charge in [0, 0.05) is 25.2 Å². The number of cyclic esters (lactones) is 1. The zero-order valence-corrected chi connectivity index (χ0v) is 14.5. The number of esters is 1. The monoisotopic (exact) mass is 371 g/mol. The second-order valence-corrected chi connectivity index (χ2v) is 6.14. The fourth-order valence-corrected chi connectivity index (χ4v) is 3.08. The lowest BCUT2D eigenvalue weighted by atomic mass is 10.1. The number of fused-ring (bicyclic) bond motifs is 1. The van der Waals surface area contributed by atoms with E-state index in [4.69, 9.17) is 14.3 Å². The van der Waals surface area contributed by atoms with E-state index in [1.165, 1.54) is 0 Å². The van der Waals surface area contributed by atoms with Gasteiger partial charge in [-0.3, -0.25) is 4.79 Å². The molecule has 1 saturated heterocycles. The van der Waals surface area contributed by atoms with Gasteiger partial charge in [-0.25, -0.2) is 19.4 Å². The van der Waals surface area contributed by atoms with Crippen LogP contribution in [0.4, 0.5) is 5.69 Å². The number of nitrogens with one attached hydrogen (secondary N) is 1. The van der Waals surface area contributed by atoms with Crippen LogP contribution in [0.1, 0.15) is 30.3 Å². The third-order valence-corrected chi connectivity index (χ3v) is 4.41. The summed E-state index contributed by atoms with van der Waals surface area (Å²) >= 11 is 0. The minimum Gasteiger partial charge on any atom is -0.476 e. The number of ether oxygens (including phenoxy) is 1. The third-order valence-electron chi connectivity index (χ3n) is 4.41. The number of pyridine rings is 1. The normalized spacial score (nSPS) is 17.1. The second-order valence-electron chi connectivity index (χ2n) is 6.14. The predicted octanol–water partition coefficient (Wildman–Crippen LogP) is 1.92. The molecule has 10 nitrogen and oxygen atoms in total. The number of aromatic carboxylic acids is 1. The van der Waals surface area contributed by atoms with Crippen molar-refractivity contribution in [3.8, 4) is 11.5 Å². The summed E-state index contributed by atoms with van der Waals surface area (Å²) in [5.74, 6) is -1.31. The molecule has 0 saturated carbocycles. The number of hydrogen-bond acceptors (Lipinski definition) is 8. The van der Waals surface area contributed by atoms with Crippen molar-refractivity contribution < 1.29 is 23.8 Å². The number of aromatic nitrogens is 4. The Labute approximate surface area is 153 Å². The highest BCUT2D eigenvalue weighted by atomic mass is 16.5. The average Bonchev–Trinajstić information content (AvgIpc) is 3.29. The van der Waals surface area contributed by atoms with E-state index in [2.05, 4.69) is 20.4 Å². The predicted molar refractivity (Wildman–Crippen MR) is 93.3 cm³/mol.